The molecule has 0 radical (unpaired) electrons. The van der Waals surface area contributed by atoms with Gasteiger partial charge in [-0.1, -0.05) is 35.3 Å². The molecule has 0 aromatic heterocycles. The van der Waals surface area contributed by atoms with Crippen LogP contribution in [0.15, 0.2) is 36.4 Å². The van der Waals surface area contributed by atoms with Crippen molar-refractivity contribution < 1.29 is 0 Å². The standard InChI is InChI=1S/C13H12Cl2N2/c1-8-9(14)4-3-7-12(8)17-13-10(15)5-2-6-11(13)16/h2-7,17H,16H2,1H3. The van der Waals surface area contributed by atoms with Crippen LogP contribution in [0.1, 0.15) is 5.56 Å². The van der Waals surface area contributed by atoms with Crippen molar-refractivity contribution in [2.24, 2.45) is 0 Å². The molecule has 17 heavy (non-hydrogen) atoms. The minimum absolute atomic E-state index is 0.587. The number of anilines is 3. The van der Waals surface area contributed by atoms with E-state index in [2.05, 4.69) is 5.32 Å². The van der Waals surface area contributed by atoms with Crippen molar-refractivity contribution in [2.45, 2.75) is 6.92 Å². The molecule has 88 valence electrons. The second-order valence-corrected chi connectivity index (χ2v) is 4.56. The van der Waals surface area contributed by atoms with Gasteiger partial charge in [0.25, 0.3) is 0 Å². The Morgan fingerprint density at radius 2 is 1.65 bits per heavy atom. The predicted octanol–water partition coefficient (Wildman–Crippen LogP) is 4.63. The van der Waals surface area contributed by atoms with Gasteiger partial charge in [0.15, 0.2) is 0 Å². The largest absolute Gasteiger partial charge is 0.397 e. The Balaban J connectivity index is 2.42. The van der Waals surface area contributed by atoms with Gasteiger partial charge >= 0.3 is 0 Å². The molecule has 0 aliphatic carbocycles. The first-order chi connectivity index (χ1) is 8.09. The number of halogens is 2. The molecule has 0 aliphatic heterocycles. The van der Waals surface area contributed by atoms with E-state index in [9.17, 15) is 0 Å². The summed E-state index contributed by atoms with van der Waals surface area (Å²) in [7, 11) is 0. The number of para-hydroxylation sites is 1. The zero-order valence-electron chi connectivity index (χ0n) is 9.30. The topological polar surface area (TPSA) is 38.0 Å². The van der Waals surface area contributed by atoms with Gasteiger partial charge in [-0.15, -0.1) is 0 Å². The highest BCUT2D eigenvalue weighted by molar-refractivity contribution is 6.34. The maximum atomic E-state index is 6.10. The summed E-state index contributed by atoms with van der Waals surface area (Å²) in [5, 5.41) is 4.50. The molecule has 0 saturated carbocycles. The fraction of sp³-hybridized carbons (Fsp3) is 0.0769. The summed E-state index contributed by atoms with van der Waals surface area (Å²) in [5.41, 5.74) is 9.06. The van der Waals surface area contributed by atoms with Crippen molar-refractivity contribution in [3.8, 4) is 0 Å². The Bertz CT molecular complexity index is 533. The molecule has 0 amide bonds. The van der Waals surface area contributed by atoms with Crippen LogP contribution in [0.4, 0.5) is 17.1 Å². The second kappa shape index (κ2) is 4.86. The van der Waals surface area contributed by atoms with E-state index in [-0.39, 0.29) is 0 Å². The highest BCUT2D eigenvalue weighted by Gasteiger charge is 2.07. The number of rotatable bonds is 2. The normalized spacial score (nSPS) is 10.3. The Labute approximate surface area is 110 Å². The Morgan fingerprint density at radius 1 is 1.00 bits per heavy atom. The van der Waals surface area contributed by atoms with Gasteiger partial charge in [0, 0.05) is 10.7 Å². The van der Waals surface area contributed by atoms with Gasteiger partial charge in [0.05, 0.1) is 16.4 Å². The third-order valence-corrected chi connectivity index (χ3v) is 3.30. The number of nitrogens with one attached hydrogen (secondary N) is 1. The second-order valence-electron chi connectivity index (χ2n) is 3.74. The number of benzene rings is 2. The van der Waals surface area contributed by atoms with Crippen molar-refractivity contribution in [1.82, 2.24) is 0 Å². The molecule has 2 aromatic rings. The molecule has 2 rings (SSSR count). The highest BCUT2D eigenvalue weighted by atomic mass is 35.5. The molecule has 3 N–H and O–H groups in total. The Morgan fingerprint density at radius 3 is 2.35 bits per heavy atom. The summed E-state index contributed by atoms with van der Waals surface area (Å²) < 4.78 is 0. The van der Waals surface area contributed by atoms with Crippen molar-refractivity contribution in [2.75, 3.05) is 11.1 Å². The monoisotopic (exact) mass is 266 g/mol. The van der Waals surface area contributed by atoms with Crippen LogP contribution in [0.5, 0.6) is 0 Å². The van der Waals surface area contributed by atoms with E-state index in [1.165, 1.54) is 0 Å². The van der Waals surface area contributed by atoms with E-state index in [1.54, 1.807) is 12.1 Å². The van der Waals surface area contributed by atoms with Crippen LogP contribution in [-0.2, 0) is 0 Å². The summed E-state index contributed by atoms with van der Waals surface area (Å²) in [6.07, 6.45) is 0. The maximum Gasteiger partial charge on any atom is 0.0807 e. The molecule has 2 nitrogen and oxygen atoms in total. The van der Waals surface area contributed by atoms with Crippen LogP contribution >= 0.6 is 23.2 Å². The molecule has 4 heteroatoms. The number of hydrogen-bond acceptors (Lipinski definition) is 2. The van der Waals surface area contributed by atoms with Gasteiger partial charge in [-0.05, 0) is 36.8 Å². The summed E-state index contributed by atoms with van der Waals surface area (Å²) in [4.78, 5) is 0. The average Bonchev–Trinajstić information content (AvgIpc) is 2.29. The molecular formula is C13H12Cl2N2. The minimum Gasteiger partial charge on any atom is -0.397 e. The Hall–Kier alpha value is -1.38. The third-order valence-electron chi connectivity index (χ3n) is 2.57. The van der Waals surface area contributed by atoms with Gasteiger partial charge in [0.1, 0.15) is 0 Å². The number of nitrogens with two attached hydrogens (primary N) is 1. The van der Waals surface area contributed by atoms with E-state index in [4.69, 9.17) is 28.9 Å². The molecule has 0 atom stereocenters. The van der Waals surface area contributed by atoms with E-state index in [0.29, 0.717) is 21.4 Å². The number of nitrogen functional groups attached to an aromatic ring is 1. The predicted molar refractivity (Wildman–Crippen MR) is 75.3 cm³/mol. The minimum atomic E-state index is 0.587. The first kappa shape index (κ1) is 12.1. The first-order valence-electron chi connectivity index (χ1n) is 5.15. The highest BCUT2D eigenvalue weighted by Crippen LogP contribution is 2.33. The molecule has 0 spiro atoms. The van der Waals surface area contributed by atoms with E-state index in [0.717, 1.165) is 11.3 Å². The van der Waals surface area contributed by atoms with Crippen molar-refractivity contribution in [1.29, 1.82) is 0 Å². The number of hydrogen-bond donors (Lipinski definition) is 2. The van der Waals surface area contributed by atoms with Crippen LogP contribution in [0.3, 0.4) is 0 Å². The molecule has 0 bridgehead atoms. The first-order valence-corrected chi connectivity index (χ1v) is 5.91. The van der Waals surface area contributed by atoms with E-state index < -0.39 is 0 Å². The quantitative estimate of drug-likeness (QED) is 0.778. The lowest BCUT2D eigenvalue weighted by molar-refractivity contribution is 1.43. The summed E-state index contributed by atoms with van der Waals surface area (Å²) in [5.74, 6) is 0. The van der Waals surface area contributed by atoms with Crippen LogP contribution in [0.25, 0.3) is 0 Å². The SMILES string of the molecule is Cc1c(Cl)cccc1Nc1c(N)cccc1Cl. The lowest BCUT2D eigenvalue weighted by Crippen LogP contribution is -1.98. The lowest BCUT2D eigenvalue weighted by Gasteiger charge is -2.13. The van der Waals surface area contributed by atoms with Gasteiger partial charge in [-0.2, -0.15) is 0 Å². The van der Waals surface area contributed by atoms with Gasteiger partial charge in [-0.25, -0.2) is 0 Å². The van der Waals surface area contributed by atoms with Gasteiger partial charge in [0.2, 0.25) is 0 Å². The van der Waals surface area contributed by atoms with Crippen molar-refractivity contribution in [3.63, 3.8) is 0 Å². The van der Waals surface area contributed by atoms with Crippen LogP contribution in [-0.4, -0.2) is 0 Å². The smallest absolute Gasteiger partial charge is 0.0807 e. The van der Waals surface area contributed by atoms with Crippen LogP contribution in [0, 0.1) is 6.92 Å². The molecule has 0 aliphatic rings. The Kier molecular flexibility index (Phi) is 3.46. The summed E-state index contributed by atoms with van der Waals surface area (Å²) >= 11 is 12.2. The fourth-order valence-electron chi connectivity index (χ4n) is 1.55. The molecule has 0 unspecified atom stereocenters. The van der Waals surface area contributed by atoms with E-state index >= 15 is 0 Å². The summed E-state index contributed by atoms with van der Waals surface area (Å²) in [6, 6.07) is 11.1. The van der Waals surface area contributed by atoms with Crippen molar-refractivity contribution >= 4 is 40.3 Å². The molecule has 0 heterocycles. The van der Waals surface area contributed by atoms with Crippen LogP contribution < -0.4 is 11.1 Å². The fourth-order valence-corrected chi connectivity index (χ4v) is 1.95. The molecule has 0 saturated heterocycles. The zero-order chi connectivity index (χ0) is 12.4. The maximum absolute atomic E-state index is 6.10. The van der Waals surface area contributed by atoms with Crippen molar-refractivity contribution in [3.05, 3.63) is 52.0 Å². The van der Waals surface area contributed by atoms with E-state index in [1.807, 2.05) is 31.2 Å². The van der Waals surface area contributed by atoms with Crippen LogP contribution in [0.2, 0.25) is 10.0 Å². The van der Waals surface area contributed by atoms with Gasteiger partial charge in [-0.3, -0.25) is 0 Å². The third kappa shape index (κ3) is 2.48. The summed E-state index contributed by atoms with van der Waals surface area (Å²) in [6.45, 7) is 1.94. The molecule has 0 fully saturated rings. The van der Waals surface area contributed by atoms with Gasteiger partial charge < -0.3 is 11.1 Å². The molecule has 2 aromatic carbocycles. The zero-order valence-corrected chi connectivity index (χ0v) is 10.8. The average molecular weight is 267 g/mol. The lowest BCUT2D eigenvalue weighted by atomic mass is 10.2. The molecular weight excluding hydrogens is 255 g/mol.